The number of hydrogen-bond acceptors (Lipinski definition) is 4. The van der Waals surface area contributed by atoms with Crippen LogP contribution in [0.2, 0.25) is 0 Å². The lowest BCUT2D eigenvalue weighted by Crippen LogP contribution is -2.55. The lowest BCUT2D eigenvalue weighted by Gasteiger charge is -2.42. The first-order valence-electron chi connectivity index (χ1n) is 5.44. The van der Waals surface area contributed by atoms with Gasteiger partial charge in [-0.05, 0) is 32.7 Å². The number of piperazine rings is 1. The van der Waals surface area contributed by atoms with Crippen LogP contribution in [-0.2, 0) is 0 Å². The van der Waals surface area contributed by atoms with Crippen LogP contribution >= 0.6 is 0 Å². The third-order valence-electron chi connectivity index (χ3n) is 3.21. The van der Waals surface area contributed by atoms with Crippen LogP contribution in [0.1, 0.15) is 13.8 Å². The molecule has 0 bridgehead atoms. The van der Waals surface area contributed by atoms with Crippen molar-refractivity contribution in [3.63, 3.8) is 0 Å². The van der Waals surface area contributed by atoms with E-state index in [1.165, 1.54) is 12.4 Å². The van der Waals surface area contributed by atoms with E-state index >= 15 is 0 Å². The monoisotopic (exact) mass is 210 g/mol. The van der Waals surface area contributed by atoms with Gasteiger partial charge in [0.15, 0.2) is 0 Å². The largest absolute Gasteiger partial charge is 0.404 e. The Kier molecular flexibility index (Phi) is 4.29. The fourth-order valence-electron chi connectivity index (χ4n) is 1.97. The van der Waals surface area contributed by atoms with Gasteiger partial charge in [-0.1, -0.05) is 0 Å². The molecule has 4 heteroatoms. The van der Waals surface area contributed by atoms with Crippen molar-refractivity contribution in [2.75, 3.05) is 26.7 Å². The molecule has 0 aromatic carbocycles. The van der Waals surface area contributed by atoms with Gasteiger partial charge >= 0.3 is 0 Å². The first kappa shape index (κ1) is 12.2. The Hall–Kier alpha value is -0.870. The van der Waals surface area contributed by atoms with Crippen molar-refractivity contribution in [2.45, 2.75) is 25.9 Å². The fraction of sp³-hybridized carbons (Fsp3) is 0.727. The summed E-state index contributed by atoms with van der Waals surface area (Å²) in [5.74, 6) is 0. The summed E-state index contributed by atoms with van der Waals surface area (Å²) in [5, 5.41) is 7.22. The van der Waals surface area contributed by atoms with Gasteiger partial charge in [0, 0.05) is 37.9 Å². The van der Waals surface area contributed by atoms with Crippen LogP contribution in [0.3, 0.4) is 0 Å². The van der Waals surface area contributed by atoms with E-state index < -0.39 is 0 Å². The Morgan fingerprint density at radius 3 is 2.60 bits per heavy atom. The predicted molar refractivity (Wildman–Crippen MR) is 64.2 cm³/mol. The highest BCUT2D eigenvalue weighted by molar-refractivity contribution is 5.75. The van der Waals surface area contributed by atoms with Crippen molar-refractivity contribution < 1.29 is 0 Å². The minimum absolute atomic E-state index is 0.529. The maximum atomic E-state index is 7.22. The molecule has 0 saturated carbocycles. The summed E-state index contributed by atoms with van der Waals surface area (Å²) in [4.78, 5) is 4.76. The summed E-state index contributed by atoms with van der Waals surface area (Å²) < 4.78 is 0. The highest BCUT2D eigenvalue weighted by Gasteiger charge is 2.26. The average Bonchev–Trinajstić information content (AvgIpc) is 2.21. The summed E-state index contributed by atoms with van der Waals surface area (Å²) in [6.45, 7) is 7.37. The van der Waals surface area contributed by atoms with Gasteiger partial charge in [0.05, 0.1) is 0 Å². The van der Waals surface area contributed by atoms with E-state index in [2.05, 4.69) is 30.7 Å². The maximum Gasteiger partial charge on any atom is 0.0267 e. The molecular formula is C11H22N4. The smallest absolute Gasteiger partial charge is 0.0267 e. The van der Waals surface area contributed by atoms with E-state index in [0.717, 1.165) is 25.2 Å². The fourth-order valence-corrected chi connectivity index (χ4v) is 1.97. The van der Waals surface area contributed by atoms with E-state index in [1.54, 1.807) is 0 Å². The molecule has 1 rings (SSSR count). The zero-order valence-electron chi connectivity index (χ0n) is 9.90. The quantitative estimate of drug-likeness (QED) is 0.667. The zero-order valence-corrected chi connectivity index (χ0v) is 9.90. The topological polar surface area (TPSA) is 56.4 Å². The highest BCUT2D eigenvalue weighted by atomic mass is 15.3. The summed E-state index contributed by atoms with van der Waals surface area (Å²) in [5.41, 5.74) is 6.35. The van der Waals surface area contributed by atoms with Crippen molar-refractivity contribution in [2.24, 2.45) is 5.73 Å². The van der Waals surface area contributed by atoms with Gasteiger partial charge < -0.3 is 16.0 Å². The van der Waals surface area contributed by atoms with Gasteiger partial charge in [0.25, 0.3) is 0 Å². The van der Waals surface area contributed by atoms with Gasteiger partial charge in [-0.2, -0.15) is 0 Å². The van der Waals surface area contributed by atoms with Crippen LogP contribution in [0.4, 0.5) is 0 Å². The Labute approximate surface area is 92.2 Å². The summed E-state index contributed by atoms with van der Waals surface area (Å²) in [6, 6.07) is 1.10. The Morgan fingerprint density at radius 1 is 1.40 bits per heavy atom. The van der Waals surface area contributed by atoms with Crippen LogP contribution in [0, 0.1) is 5.41 Å². The van der Waals surface area contributed by atoms with Gasteiger partial charge in [0.2, 0.25) is 0 Å². The second-order valence-corrected chi connectivity index (χ2v) is 4.45. The molecule has 1 aliphatic rings. The molecule has 0 radical (unpaired) electrons. The first-order valence-corrected chi connectivity index (χ1v) is 5.44. The lowest BCUT2D eigenvalue weighted by molar-refractivity contribution is 0.0681. The second kappa shape index (κ2) is 5.28. The van der Waals surface area contributed by atoms with Crippen molar-refractivity contribution in [1.29, 1.82) is 5.41 Å². The minimum Gasteiger partial charge on any atom is -0.404 e. The molecule has 1 saturated heterocycles. The normalized spacial score (nSPS) is 30.5. The van der Waals surface area contributed by atoms with Gasteiger partial charge in [-0.3, -0.25) is 4.90 Å². The first-order chi connectivity index (χ1) is 7.08. The molecule has 0 spiro atoms. The summed E-state index contributed by atoms with van der Waals surface area (Å²) >= 11 is 0. The number of rotatable bonds is 3. The molecular weight excluding hydrogens is 188 g/mol. The van der Waals surface area contributed by atoms with E-state index in [-0.39, 0.29) is 0 Å². The third-order valence-corrected chi connectivity index (χ3v) is 3.21. The second-order valence-electron chi connectivity index (χ2n) is 4.45. The van der Waals surface area contributed by atoms with Crippen molar-refractivity contribution in [3.8, 4) is 0 Å². The van der Waals surface area contributed by atoms with Crippen LogP contribution in [0.15, 0.2) is 11.8 Å². The standard InChI is InChI=1S/C11H22N4/c1-9-7-15(8-11(4-12)5-13)10(2)6-14(9)3/h4-5,9-10,12H,6-8,13H2,1-3H3/b11-5+,12-4?/t9-,10-/m1/s1. The van der Waals surface area contributed by atoms with E-state index in [0.29, 0.717) is 12.1 Å². The van der Waals surface area contributed by atoms with Crippen molar-refractivity contribution in [1.82, 2.24) is 9.80 Å². The molecule has 0 unspecified atom stereocenters. The average molecular weight is 210 g/mol. The number of nitrogens with one attached hydrogen (secondary N) is 1. The molecule has 0 amide bonds. The molecule has 0 aliphatic carbocycles. The van der Waals surface area contributed by atoms with E-state index in [4.69, 9.17) is 11.1 Å². The molecule has 2 atom stereocenters. The highest BCUT2D eigenvalue weighted by Crippen LogP contribution is 2.14. The Balaban J connectivity index is 2.58. The molecule has 4 nitrogen and oxygen atoms in total. The van der Waals surface area contributed by atoms with Crippen LogP contribution in [0.25, 0.3) is 0 Å². The molecule has 1 aliphatic heterocycles. The molecule has 1 fully saturated rings. The predicted octanol–water partition coefficient (Wildman–Crippen LogP) is 0.503. The lowest BCUT2D eigenvalue weighted by atomic mass is 10.1. The van der Waals surface area contributed by atoms with Gasteiger partial charge in [-0.25, -0.2) is 0 Å². The van der Waals surface area contributed by atoms with Crippen molar-refractivity contribution in [3.05, 3.63) is 11.8 Å². The SMILES string of the molecule is C[C@@H]1CN(C/C(C=N)=C/N)[C@H](C)CN1C. The van der Waals surface area contributed by atoms with E-state index in [9.17, 15) is 0 Å². The molecule has 0 aromatic heterocycles. The molecule has 1 heterocycles. The number of likely N-dealkylation sites (N-methyl/N-ethyl adjacent to an activating group) is 1. The maximum absolute atomic E-state index is 7.22. The molecule has 0 aromatic rings. The number of nitrogens with zero attached hydrogens (tertiary/aromatic N) is 2. The minimum atomic E-state index is 0.529. The van der Waals surface area contributed by atoms with E-state index in [1.807, 2.05) is 0 Å². The van der Waals surface area contributed by atoms with Crippen LogP contribution in [-0.4, -0.2) is 54.8 Å². The molecule has 86 valence electrons. The van der Waals surface area contributed by atoms with Gasteiger partial charge in [0.1, 0.15) is 0 Å². The third kappa shape index (κ3) is 3.04. The Bertz CT molecular complexity index is 249. The summed E-state index contributed by atoms with van der Waals surface area (Å²) in [7, 11) is 2.16. The van der Waals surface area contributed by atoms with Gasteiger partial charge in [-0.15, -0.1) is 0 Å². The molecule has 3 N–H and O–H groups in total. The molecule has 15 heavy (non-hydrogen) atoms. The summed E-state index contributed by atoms with van der Waals surface area (Å²) in [6.07, 6.45) is 2.87. The zero-order chi connectivity index (χ0) is 11.4. The number of nitrogens with two attached hydrogens (primary N) is 1. The Morgan fingerprint density at radius 2 is 2.07 bits per heavy atom. The van der Waals surface area contributed by atoms with Crippen LogP contribution in [0.5, 0.6) is 0 Å². The van der Waals surface area contributed by atoms with Crippen LogP contribution < -0.4 is 5.73 Å². The number of hydrogen-bond donors (Lipinski definition) is 2. The van der Waals surface area contributed by atoms with Crippen molar-refractivity contribution >= 4 is 6.21 Å².